The Morgan fingerprint density at radius 1 is 0.577 bits per heavy atom. The van der Waals surface area contributed by atoms with Crippen molar-refractivity contribution in [2.24, 2.45) is 0 Å². The first-order valence-corrected chi connectivity index (χ1v) is 19.1. The van der Waals surface area contributed by atoms with Crippen LogP contribution < -0.4 is 0 Å². The van der Waals surface area contributed by atoms with Crippen LogP contribution in [0.4, 0.5) is 0 Å². The Morgan fingerprint density at radius 3 is 1.50 bits per heavy atom. The Hall–Kier alpha value is -5.70. The molecule has 52 heavy (non-hydrogen) atoms. The first kappa shape index (κ1) is 34.7. The number of rotatable bonds is 12. The Balaban J connectivity index is 1.24. The van der Waals surface area contributed by atoms with Crippen LogP contribution in [0, 0.1) is 0 Å². The highest BCUT2D eigenvalue weighted by Crippen LogP contribution is 2.40. The molecule has 0 amide bonds. The van der Waals surface area contributed by atoms with Crippen LogP contribution in [-0.4, -0.2) is 29.9 Å². The van der Waals surface area contributed by atoms with Crippen LogP contribution in [0.3, 0.4) is 0 Å². The molecule has 0 aliphatic heterocycles. The molecule has 7 aromatic rings. The molecule has 0 saturated heterocycles. The SMILES string of the molecule is C=C/C=C(\C=C/C)c1nc(-c2ccc(C(CC)(CC)c3ccc(-c4nc(-c5ccccc5)nc(-c5cccs5)n4)cc3)cc2)nc(-c2cccs2)n1. The largest absolute Gasteiger partial charge is 0.208 e. The summed E-state index contributed by atoms with van der Waals surface area (Å²) in [5.74, 6) is 3.91. The van der Waals surface area contributed by atoms with E-state index in [4.69, 9.17) is 29.9 Å². The van der Waals surface area contributed by atoms with Gasteiger partial charge in [0.2, 0.25) is 0 Å². The number of benzene rings is 3. The summed E-state index contributed by atoms with van der Waals surface area (Å²) >= 11 is 3.24. The molecule has 0 atom stereocenters. The lowest BCUT2D eigenvalue weighted by Gasteiger charge is -2.33. The Morgan fingerprint density at radius 2 is 1.04 bits per heavy atom. The Kier molecular flexibility index (Phi) is 10.5. The molecule has 4 heterocycles. The minimum absolute atomic E-state index is 0.189. The first-order valence-electron chi connectivity index (χ1n) is 17.4. The summed E-state index contributed by atoms with van der Waals surface area (Å²) in [5, 5.41) is 4.08. The predicted octanol–water partition coefficient (Wildman–Crippen LogP) is 11.8. The maximum atomic E-state index is 4.93. The third-order valence-electron chi connectivity index (χ3n) is 9.29. The van der Waals surface area contributed by atoms with Crippen molar-refractivity contribution in [3.05, 3.63) is 162 Å². The highest BCUT2D eigenvalue weighted by Gasteiger charge is 2.31. The molecular weight excluding hydrogens is 677 g/mol. The van der Waals surface area contributed by atoms with Crippen molar-refractivity contribution in [2.45, 2.75) is 39.0 Å². The van der Waals surface area contributed by atoms with Crippen molar-refractivity contribution in [3.8, 4) is 55.6 Å². The Labute approximate surface area is 313 Å². The highest BCUT2D eigenvalue weighted by atomic mass is 32.1. The zero-order chi connectivity index (χ0) is 35.9. The van der Waals surface area contributed by atoms with E-state index in [0.29, 0.717) is 34.9 Å². The standard InChI is InChI=1S/C44H38N6S2/c1-5-14-30(15-6-2)38-45-40(49-42(47-38)36-18-12-28-51-36)32-20-24-34(25-21-32)44(7-3,8-4)35-26-22-33(23-27-35)41-46-39(31-16-10-9-11-17-31)48-43(50-41)37-19-13-29-52-37/h5-6,9-29H,1,7-8H2,2-4H3/b15-6-,30-14+. The maximum absolute atomic E-state index is 4.93. The lowest BCUT2D eigenvalue weighted by Crippen LogP contribution is -2.26. The van der Waals surface area contributed by atoms with Gasteiger partial charge in [-0.25, -0.2) is 29.9 Å². The molecule has 0 unspecified atom stereocenters. The van der Waals surface area contributed by atoms with Gasteiger partial charge in [0.15, 0.2) is 34.9 Å². The second-order valence-corrected chi connectivity index (χ2v) is 14.1. The number of hydrogen-bond acceptors (Lipinski definition) is 8. The zero-order valence-corrected chi connectivity index (χ0v) is 31.0. The fourth-order valence-electron chi connectivity index (χ4n) is 6.51. The molecule has 0 fully saturated rings. The fourth-order valence-corrected chi connectivity index (χ4v) is 7.82. The van der Waals surface area contributed by atoms with Gasteiger partial charge in [0.25, 0.3) is 0 Å². The van der Waals surface area contributed by atoms with Crippen molar-refractivity contribution >= 4 is 28.2 Å². The van der Waals surface area contributed by atoms with Gasteiger partial charge in [-0.05, 0) is 53.8 Å². The van der Waals surface area contributed by atoms with Gasteiger partial charge in [-0.3, -0.25) is 0 Å². The van der Waals surface area contributed by atoms with E-state index in [9.17, 15) is 0 Å². The molecular formula is C44H38N6S2. The topological polar surface area (TPSA) is 77.3 Å². The number of nitrogens with zero attached hydrogens (tertiary/aromatic N) is 6. The second kappa shape index (κ2) is 15.7. The second-order valence-electron chi connectivity index (χ2n) is 12.2. The smallest absolute Gasteiger partial charge is 0.174 e. The molecule has 0 bridgehead atoms. The minimum atomic E-state index is -0.189. The van der Waals surface area contributed by atoms with Gasteiger partial charge < -0.3 is 0 Å². The fraction of sp³-hybridized carbons (Fsp3) is 0.136. The lowest BCUT2D eigenvalue weighted by atomic mass is 9.70. The molecule has 4 aromatic heterocycles. The van der Waals surface area contributed by atoms with E-state index in [1.807, 2.05) is 90.5 Å². The molecule has 0 N–H and O–H groups in total. The molecule has 0 saturated carbocycles. The third kappa shape index (κ3) is 7.08. The predicted molar refractivity (Wildman–Crippen MR) is 217 cm³/mol. The van der Waals surface area contributed by atoms with Gasteiger partial charge in [-0.15, -0.1) is 22.7 Å². The summed E-state index contributed by atoms with van der Waals surface area (Å²) < 4.78 is 0. The average molecular weight is 715 g/mol. The van der Waals surface area contributed by atoms with Crippen LogP contribution in [0.15, 0.2) is 145 Å². The van der Waals surface area contributed by atoms with Gasteiger partial charge in [0, 0.05) is 27.7 Å². The van der Waals surface area contributed by atoms with E-state index < -0.39 is 0 Å². The van der Waals surface area contributed by atoms with Crippen LogP contribution in [0.5, 0.6) is 0 Å². The summed E-state index contributed by atoms with van der Waals surface area (Å²) in [6.07, 6.45) is 9.53. The summed E-state index contributed by atoms with van der Waals surface area (Å²) in [6.45, 7) is 10.4. The van der Waals surface area contributed by atoms with Gasteiger partial charge in [0.1, 0.15) is 0 Å². The molecule has 0 aliphatic carbocycles. The van der Waals surface area contributed by atoms with E-state index in [1.165, 1.54) is 11.1 Å². The third-order valence-corrected chi connectivity index (χ3v) is 11.0. The van der Waals surface area contributed by atoms with Crippen molar-refractivity contribution in [2.75, 3.05) is 0 Å². The molecule has 8 heteroatoms. The lowest BCUT2D eigenvalue weighted by molar-refractivity contribution is 0.478. The monoisotopic (exact) mass is 714 g/mol. The van der Waals surface area contributed by atoms with Crippen LogP contribution in [-0.2, 0) is 5.41 Å². The molecule has 256 valence electrons. The van der Waals surface area contributed by atoms with E-state index in [0.717, 1.165) is 44.9 Å². The minimum Gasteiger partial charge on any atom is -0.208 e. The summed E-state index contributed by atoms with van der Waals surface area (Å²) in [7, 11) is 0. The molecule has 7 rings (SSSR count). The summed E-state index contributed by atoms with van der Waals surface area (Å²) in [5.41, 5.74) is 6.03. The van der Waals surface area contributed by atoms with E-state index in [2.05, 4.69) is 69.0 Å². The van der Waals surface area contributed by atoms with E-state index in [-0.39, 0.29) is 5.41 Å². The summed E-state index contributed by atoms with van der Waals surface area (Å²) in [6, 6.07) is 35.7. The number of aromatic nitrogens is 6. The Bertz CT molecular complexity index is 2320. The van der Waals surface area contributed by atoms with E-state index in [1.54, 1.807) is 28.7 Å². The molecule has 0 radical (unpaired) electrons. The molecule has 6 nitrogen and oxygen atoms in total. The van der Waals surface area contributed by atoms with Gasteiger partial charge in [-0.2, -0.15) is 0 Å². The van der Waals surface area contributed by atoms with Crippen LogP contribution in [0.25, 0.3) is 61.1 Å². The summed E-state index contributed by atoms with van der Waals surface area (Å²) in [4.78, 5) is 31.4. The zero-order valence-electron chi connectivity index (χ0n) is 29.4. The normalized spacial score (nSPS) is 12.0. The van der Waals surface area contributed by atoms with Crippen molar-refractivity contribution < 1.29 is 0 Å². The molecule has 0 aliphatic rings. The first-order chi connectivity index (χ1) is 25.5. The van der Waals surface area contributed by atoms with Crippen molar-refractivity contribution in [1.82, 2.24) is 29.9 Å². The van der Waals surface area contributed by atoms with Crippen molar-refractivity contribution in [3.63, 3.8) is 0 Å². The van der Waals surface area contributed by atoms with Crippen LogP contribution in [0.2, 0.25) is 0 Å². The van der Waals surface area contributed by atoms with Gasteiger partial charge in [-0.1, -0.05) is 136 Å². The van der Waals surface area contributed by atoms with Crippen LogP contribution >= 0.6 is 22.7 Å². The molecule has 3 aromatic carbocycles. The number of allylic oxidation sites excluding steroid dienone is 5. The average Bonchev–Trinajstić information content (AvgIpc) is 3.96. The number of thiophene rings is 2. The molecule has 0 spiro atoms. The maximum Gasteiger partial charge on any atom is 0.174 e. The number of hydrogen-bond donors (Lipinski definition) is 0. The van der Waals surface area contributed by atoms with Crippen molar-refractivity contribution in [1.29, 1.82) is 0 Å². The van der Waals surface area contributed by atoms with Crippen LogP contribution in [0.1, 0.15) is 50.6 Å². The highest BCUT2D eigenvalue weighted by molar-refractivity contribution is 7.13. The van der Waals surface area contributed by atoms with Gasteiger partial charge >= 0.3 is 0 Å². The van der Waals surface area contributed by atoms with Gasteiger partial charge in [0.05, 0.1) is 9.75 Å². The quantitative estimate of drug-likeness (QED) is 0.117. The van der Waals surface area contributed by atoms with E-state index >= 15 is 0 Å².